The lowest BCUT2D eigenvalue weighted by atomic mass is 10.1. The van der Waals surface area contributed by atoms with Crippen molar-refractivity contribution in [2.75, 3.05) is 11.9 Å². The van der Waals surface area contributed by atoms with Crippen molar-refractivity contribution in [1.82, 2.24) is 0 Å². The maximum absolute atomic E-state index is 11.1. The number of rotatable bonds is 6. The van der Waals surface area contributed by atoms with Crippen molar-refractivity contribution in [3.8, 4) is 5.75 Å². The molecule has 0 unspecified atom stereocenters. The largest absolute Gasteiger partial charge is 0.492 e. The maximum Gasteiger partial charge on any atom is 0.307 e. The van der Waals surface area contributed by atoms with Gasteiger partial charge in [0, 0.05) is 6.92 Å². The summed E-state index contributed by atoms with van der Waals surface area (Å²) in [6.07, 6.45) is 3.20. The normalized spacial score (nSPS) is 10.4. The van der Waals surface area contributed by atoms with E-state index in [-0.39, 0.29) is 12.3 Å². The Bertz CT molecular complexity index is 494. The van der Waals surface area contributed by atoms with E-state index in [0.717, 1.165) is 5.56 Å². The molecule has 0 spiro atoms. The van der Waals surface area contributed by atoms with Crippen LogP contribution in [0.2, 0.25) is 0 Å². The van der Waals surface area contributed by atoms with E-state index < -0.39 is 5.97 Å². The molecule has 102 valence electrons. The summed E-state index contributed by atoms with van der Waals surface area (Å²) in [5.41, 5.74) is 1.38. The molecule has 0 atom stereocenters. The van der Waals surface area contributed by atoms with E-state index in [0.29, 0.717) is 18.0 Å². The van der Waals surface area contributed by atoms with Crippen LogP contribution in [0.4, 0.5) is 5.69 Å². The molecular weight excluding hydrogens is 246 g/mol. The Morgan fingerprint density at radius 3 is 2.74 bits per heavy atom. The number of hydrogen-bond acceptors (Lipinski definition) is 3. The summed E-state index contributed by atoms with van der Waals surface area (Å²) < 4.78 is 5.40. The smallest absolute Gasteiger partial charge is 0.307 e. The first-order valence-electron chi connectivity index (χ1n) is 5.95. The molecule has 0 fully saturated rings. The number of aliphatic carboxylic acids is 1. The molecule has 0 saturated carbocycles. The highest BCUT2D eigenvalue weighted by Crippen LogP contribution is 2.26. The van der Waals surface area contributed by atoms with E-state index in [1.807, 2.05) is 6.92 Å². The lowest BCUT2D eigenvalue weighted by Crippen LogP contribution is -2.08. The predicted molar refractivity (Wildman–Crippen MR) is 73.2 cm³/mol. The number of benzene rings is 1. The van der Waals surface area contributed by atoms with Crippen molar-refractivity contribution >= 4 is 23.6 Å². The third-order valence-electron chi connectivity index (χ3n) is 2.22. The van der Waals surface area contributed by atoms with Crippen LogP contribution in [0, 0.1) is 0 Å². The van der Waals surface area contributed by atoms with Crippen LogP contribution in [0.1, 0.15) is 25.8 Å². The summed E-state index contributed by atoms with van der Waals surface area (Å²) in [6, 6.07) is 5.29. The molecule has 0 aliphatic heterocycles. The van der Waals surface area contributed by atoms with Crippen LogP contribution in [0.5, 0.6) is 5.75 Å². The van der Waals surface area contributed by atoms with E-state index in [2.05, 4.69) is 5.32 Å². The van der Waals surface area contributed by atoms with Crippen molar-refractivity contribution in [2.24, 2.45) is 0 Å². The molecule has 1 aromatic carbocycles. The van der Waals surface area contributed by atoms with Gasteiger partial charge < -0.3 is 15.2 Å². The van der Waals surface area contributed by atoms with Gasteiger partial charge in [0.2, 0.25) is 5.91 Å². The van der Waals surface area contributed by atoms with Gasteiger partial charge in [-0.25, -0.2) is 0 Å². The van der Waals surface area contributed by atoms with Crippen molar-refractivity contribution in [3.05, 3.63) is 29.8 Å². The highest BCUT2D eigenvalue weighted by Gasteiger charge is 2.05. The van der Waals surface area contributed by atoms with Crippen molar-refractivity contribution < 1.29 is 19.4 Å². The zero-order valence-corrected chi connectivity index (χ0v) is 11.0. The summed E-state index contributed by atoms with van der Waals surface area (Å²) in [5.74, 6) is -0.482. The number of carbonyl (C=O) groups excluding carboxylic acids is 1. The Morgan fingerprint density at radius 2 is 2.16 bits per heavy atom. The SMILES string of the molecule is CCOc1ccc(/C=C/CC(=O)O)cc1NC(C)=O. The number of carbonyl (C=O) groups is 2. The molecule has 0 aromatic heterocycles. The van der Waals surface area contributed by atoms with Gasteiger partial charge in [-0.2, -0.15) is 0 Å². The average Bonchev–Trinajstić information content (AvgIpc) is 2.31. The van der Waals surface area contributed by atoms with Gasteiger partial charge in [0.25, 0.3) is 0 Å². The molecule has 19 heavy (non-hydrogen) atoms. The summed E-state index contributed by atoms with van der Waals surface area (Å²) in [5, 5.41) is 11.2. The summed E-state index contributed by atoms with van der Waals surface area (Å²) in [4.78, 5) is 21.5. The Kier molecular flexibility index (Phi) is 5.60. The first-order chi connectivity index (χ1) is 9.02. The van der Waals surface area contributed by atoms with E-state index in [4.69, 9.17) is 9.84 Å². The third-order valence-corrected chi connectivity index (χ3v) is 2.22. The molecular formula is C14H17NO4. The van der Waals surface area contributed by atoms with Gasteiger partial charge in [-0.15, -0.1) is 0 Å². The predicted octanol–water partition coefficient (Wildman–Crippen LogP) is 2.53. The van der Waals surface area contributed by atoms with Gasteiger partial charge in [0.15, 0.2) is 0 Å². The molecule has 1 amide bonds. The lowest BCUT2D eigenvalue weighted by Gasteiger charge is -2.11. The molecule has 0 aliphatic rings. The van der Waals surface area contributed by atoms with Crippen LogP contribution >= 0.6 is 0 Å². The van der Waals surface area contributed by atoms with E-state index >= 15 is 0 Å². The van der Waals surface area contributed by atoms with E-state index in [1.54, 1.807) is 30.4 Å². The second kappa shape index (κ2) is 7.20. The van der Waals surface area contributed by atoms with Crippen molar-refractivity contribution in [1.29, 1.82) is 0 Å². The topological polar surface area (TPSA) is 75.6 Å². The molecule has 5 heteroatoms. The molecule has 0 saturated heterocycles. The molecule has 5 nitrogen and oxygen atoms in total. The summed E-state index contributed by atoms with van der Waals surface area (Å²) in [6.45, 7) is 3.78. The molecule has 0 bridgehead atoms. The highest BCUT2D eigenvalue weighted by molar-refractivity contribution is 5.90. The van der Waals surface area contributed by atoms with E-state index in [9.17, 15) is 9.59 Å². The molecule has 0 aliphatic carbocycles. The van der Waals surface area contributed by atoms with Gasteiger partial charge in [-0.1, -0.05) is 18.2 Å². The number of anilines is 1. The van der Waals surface area contributed by atoms with Crippen LogP contribution in [-0.4, -0.2) is 23.6 Å². The van der Waals surface area contributed by atoms with Crippen LogP contribution in [0.25, 0.3) is 6.08 Å². The molecule has 1 rings (SSSR count). The molecule has 1 aromatic rings. The Balaban J connectivity index is 2.93. The zero-order valence-electron chi connectivity index (χ0n) is 11.0. The number of nitrogens with one attached hydrogen (secondary N) is 1. The van der Waals surface area contributed by atoms with Gasteiger partial charge in [-0.05, 0) is 24.6 Å². The first-order valence-corrected chi connectivity index (χ1v) is 5.95. The van der Waals surface area contributed by atoms with Crippen LogP contribution in [0.15, 0.2) is 24.3 Å². The highest BCUT2D eigenvalue weighted by atomic mass is 16.5. The molecule has 0 radical (unpaired) electrons. The Hall–Kier alpha value is -2.30. The second-order valence-electron chi connectivity index (χ2n) is 3.87. The number of ether oxygens (including phenoxy) is 1. The fourth-order valence-corrected chi connectivity index (χ4v) is 1.52. The maximum atomic E-state index is 11.1. The first kappa shape index (κ1) is 14.8. The van der Waals surface area contributed by atoms with Crippen LogP contribution < -0.4 is 10.1 Å². The monoisotopic (exact) mass is 263 g/mol. The molecule has 2 N–H and O–H groups in total. The minimum atomic E-state index is -0.885. The van der Waals surface area contributed by atoms with Gasteiger partial charge in [0.05, 0.1) is 18.7 Å². The van der Waals surface area contributed by atoms with Gasteiger partial charge in [0.1, 0.15) is 5.75 Å². The average molecular weight is 263 g/mol. The minimum absolute atomic E-state index is 0.0390. The minimum Gasteiger partial charge on any atom is -0.492 e. The Labute approximate surface area is 111 Å². The second-order valence-corrected chi connectivity index (χ2v) is 3.87. The summed E-state index contributed by atoms with van der Waals surface area (Å²) >= 11 is 0. The van der Waals surface area contributed by atoms with Crippen molar-refractivity contribution in [2.45, 2.75) is 20.3 Å². The van der Waals surface area contributed by atoms with Gasteiger partial charge >= 0.3 is 5.97 Å². The quantitative estimate of drug-likeness (QED) is 0.827. The standard InChI is InChI=1S/C14H17NO4/c1-3-19-13-8-7-11(5-4-6-14(17)18)9-12(13)15-10(2)16/h4-5,7-9H,3,6H2,1-2H3,(H,15,16)(H,17,18)/b5-4+. The molecule has 0 heterocycles. The third kappa shape index (κ3) is 5.25. The lowest BCUT2D eigenvalue weighted by molar-refractivity contribution is -0.136. The number of amides is 1. The summed E-state index contributed by atoms with van der Waals surface area (Å²) in [7, 11) is 0. The fraction of sp³-hybridized carbons (Fsp3) is 0.286. The van der Waals surface area contributed by atoms with Gasteiger partial charge in [-0.3, -0.25) is 9.59 Å². The Morgan fingerprint density at radius 1 is 1.42 bits per heavy atom. The number of carboxylic acid groups (broad SMARTS) is 1. The van der Waals surface area contributed by atoms with Crippen LogP contribution in [-0.2, 0) is 9.59 Å². The van der Waals surface area contributed by atoms with E-state index in [1.165, 1.54) is 6.92 Å². The van der Waals surface area contributed by atoms with Crippen molar-refractivity contribution in [3.63, 3.8) is 0 Å². The van der Waals surface area contributed by atoms with Crippen LogP contribution in [0.3, 0.4) is 0 Å². The zero-order chi connectivity index (χ0) is 14.3. The number of carboxylic acids is 1. The fourth-order valence-electron chi connectivity index (χ4n) is 1.52. The number of hydrogen-bond donors (Lipinski definition) is 2.